The smallest absolute Gasteiger partial charge is 0.355 e. The van der Waals surface area contributed by atoms with Crippen molar-refractivity contribution < 1.29 is 23.5 Å². The van der Waals surface area contributed by atoms with Crippen molar-refractivity contribution >= 4 is 29.2 Å². The minimum atomic E-state index is -1.14. The lowest BCUT2D eigenvalue weighted by Crippen LogP contribution is -2.36. The van der Waals surface area contributed by atoms with E-state index in [1.54, 1.807) is 24.3 Å². The molecule has 0 aromatic heterocycles. The molecule has 1 N–H and O–H groups in total. The molecule has 0 radical (unpaired) electrons. The van der Waals surface area contributed by atoms with Crippen LogP contribution < -0.4 is 10.3 Å². The number of hydrogen-bond acceptors (Lipinski definition) is 6. The van der Waals surface area contributed by atoms with E-state index in [0.29, 0.717) is 0 Å². The summed E-state index contributed by atoms with van der Waals surface area (Å²) < 4.78 is 19.2. The Balaban J connectivity index is 1.53. The van der Waals surface area contributed by atoms with E-state index in [0.717, 1.165) is 16.5 Å². The van der Waals surface area contributed by atoms with Crippen molar-refractivity contribution in [3.05, 3.63) is 66.0 Å². The van der Waals surface area contributed by atoms with Crippen molar-refractivity contribution in [1.29, 1.82) is 0 Å². The molecule has 0 aliphatic carbocycles. The first-order valence-corrected chi connectivity index (χ1v) is 8.24. The van der Waals surface area contributed by atoms with Gasteiger partial charge in [-0.05, 0) is 17.7 Å². The van der Waals surface area contributed by atoms with Crippen molar-refractivity contribution in [1.82, 2.24) is 5.43 Å². The molecule has 2 aromatic carbocycles. The monoisotopic (exact) mass is 367 g/mol. The predicted molar refractivity (Wildman–Crippen MR) is 93.0 cm³/mol. The van der Waals surface area contributed by atoms with E-state index in [9.17, 15) is 18.8 Å². The Kier molecular flexibility index (Phi) is 4.15. The minimum absolute atomic E-state index is 0.00917. The molecule has 4 rings (SSSR count). The fraction of sp³-hybridized carbons (Fsp3) is 0.158. The topological polar surface area (TPSA) is 88.1 Å². The van der Waals surface area contributed by atoms with Crippen molar-refractivity contribution in [2.45, 2.75) is 12.6 Å². The Morgan fingerprint density at radius 3 is 2.52 bits per heavy atom. The number of esters is 1. The molecule has 136 valence electrons. The minimum Gasteiger partial charge on any atom is -0.456 e. The number of halogens is 1. The van der Waals surface area contributed by atoms with Gasteiger partial charge in [-0.15, -0.1) is 0 Å². The lowest BCUT2D eigenvalue weighted by atomic mass is 9.99. The molecular formula is C19H14FN3O4. The standard InChI is InChI=1S/C19H14FN3O4/c20-12-8-4-5-9-13(12)23-17(24)14-15(18(23)25)21-22-16(14)19(26)27-10-11-6-2-1-3-7-11/h1-9,14-15,21H,10H2. The highest BCUT2D eigenvalue weighted by molar-refractivity contribution is 6.46. The summed E-state index contributed by atoms with van der Waals surface area (Å²) in [6.45, 7) is 0.00917. The molecule has 0 spiro atoms. The Morgan fingerprint density at radius 2 is 1.78 bits per heavy atom. The highest BCUT2D eigenvalue weighted by atomic mass is 19.1. The number of amides is 2. The number of benzene rings is 2. The summed E-state index contributed by atoms with van der Waals surface area (Å²) in [5.74, 6) is -4.01. The lowest BCUT2D eigenvalue weighted by Gasteiger charge is -2.16. The van der Waals surface area contributed by atoms with E-state index in [4.69, 9.17) is 4.74 Å². The van der Waals surface area contributed by atoms with Gasteiger partial charge in [0.25, 0.3) is 5.91 Å². The highest BCUT2D eigenvalue weighted by Crippen LogP contribution is 2.32. The molecule has 27 heavy (non-hydrogen) atoms. The van der Waals surface area contributed by atoms with E-state index < -0.39 is 35.6 Å². The van der Waals surface area contributed by atoms with Crippen molar-refractivity contribution in [3.8, 4) is 0 Å². The summed E-state index contributed by atoms with van der Waals surface area (Å²) in [5.41, 5.74) is 2.93. The number of nitrogens with one attached hydrogen (secondary N) is 1. The average molecular weight is 367 g/mol. The average Bonchev–Trinajstić information content (AvgIpc) is 3.22. The molecule has 1 fully saturated rings. The Bertz CT molecular complexity index is 960. The van der Waals surface area contributed by atoms with Gasteiger partial charge in [0.15, 0.2) is 5.71 Å². The maximum absolute atomic E-state index is 14.0. The third kappa shape index (κ3) is 2.84. The third-order valence-electron chi connectivity index (χ3n) is 4.44. The normalized spacial score (nSPS) is 20.9. The number of ether oxygens (including phenoxy) is 1. The van der Waals surface area contributed by atoms with Crippen molar-refractivity contribution in [2.75, 3.05) is 4.90 Å². The van der Waals surface area contributed by atoms with E-state index in [-0.39, 0.29) is 18.0 Å². The number of fused-ring (bicyclic) bond motifs is 1. The van der Waals surface area contributed by atoms with Gasteiger partial charge in [0.1, 0.15) is 24.4 Å². The van der Waals surface area contributed by atoms with Crippen LogP contribution >= 0.6 is 0 Å². The molecule has 2 heterocycles. The largest absolute Gasteiger partial charge is 0.456 e. The number of carbonyl (C=O) groups excluding carboxylic acids is 3. The first-order valence-electron chi connectivity index (χ1n) is 8.24. The number of anilines is 1. The molecule has 2 amide bonds. The number of carbonyl (C=O) groups is 3. The molecular weight excluding hydrogens is 353 g/mol. The summed E-state index contributed by atoms with van der Waals surface area (Å²) in [6.07, 6.45) is 0. The van der Waals surface area contributed by atoms with Gasteiger partial charge in [0.2, 0.25) is 5.91 Å². The number of hydrazone groups is 1. The van der Waals surface area contributed by atoms with Crippen LogP contribution in [-0.4, -0.2) is 29.5 Å². The second kappa shape index (κ2) is 6.64. The number of imide groups is 1. The second-order valence-corrected chi connectivity index (χ2v) is 6.11. The summed E-state index contributed by atoms with van der Waals surface area (Å²) in [6, 6.07) is 13.4. The first-order chi connectivity index (χ1) is 13.1. The Labute approximate surface area is 153 Å². The zero-order valence-corrected chi connectivity index (χ0v) is 14.0. The summed E-state index contributed by atoms with van der Waals surface area (Å²) in [5, 5.41) is 3.81. The van der Waals surface area contributed by atoms with E-state index in [1.807, 2.05) is 6.07 Å². The summed E-state index contributed by atoms with van der Waals surface area (Å²) in [4.78, 5) is 38.4. The zero-order chi connectivity index (χ0) is 19.0. The van der Waals surface area contributed by atoms with Gasteiger partial charge in [-0.25, -0.2) is 14.1 Å². The molecule has 1 saturated heterocycles. The van der Waals surface area contributed by atoms with Gasteiger partial charge in [0.05, 0.1) is 5.69 Å². The molecule has 7 nitrogen and oxygen atoms in total. The zero-order valence-electron chi connectivity index (χ0n) is 14.0. The van der Waals surface area contributed by atoms with Crippen LogP contribution in [0, 0.1) is 11.7 Å². The maximum Gasteiger partial charge on any atom is 0.355 e. The highest BCUT2D eigenvalue weighted by Gasteiger charge is 2.56. The van der Waals surface area contributed by atoms with Gasteiger partial charge in [-0.2, -0.15) is 5.10 Å². The van der Waals surface area contributed by atoms with Crippen LogP contribution in [-0.2, 0) is 25.7 Å². The van der Waals surface area contributed by atoms with Crippen LogP contribution in [0.5, 0.6) is 0 Å². The van der Waals surface area contributed by atoms with Crippen LogP contribution in [0.2, 0.25) is 0 Å². The molecule has 0 bridgehead atoms. The fourth-order valence-electron chi connectivity index (χ4n) is 3.13. The number of rotatable bonds is 4. The first kappa shape index (κ1) is 16.9. The maximum atomic E-state index is 14.0. The summed E-state index contributed by atoms with van der Waals surface area (Å²) in [7, 11) is 0. The molecule has 8 heteroatoms. The molecule has 2 aliphatic heterocycles. The number of hydrogen-bond donors (Lipinski definition) is 1. The van der Waals surface area contributed by atoms with Gasteiger partial charge < -0.3 is 4.74 Å². The fourth-order valence-corrected chi connectivity index (χ4v) is 3.13. The van der Waals surface area contributed by atoms with Crippen LogP contribution in [0.3, 0.4) is 0 Å². The second-order valence-electron chi connectivity index (χ2n) is 6.11. The van der Waals surface area contributed by atoms with Gasteiger partial charge in [0, 0.05) is 0 Å². The van der Waals surface area contributed by atoms with E-state index >= 15 is 0 Å². The van der Waals surface area contributed by atoms with Crippen molar-refractivity contribution in [3.63, 3.8) is 0 Å². The lowest BCUT2D eigenvalue weighted by molar-refractivity contribution is -0.137. The quantitative estimate of drug-likeness (QED) is 0.652. The third-order valence-corrected chi connectivity index (χ3v) is 4.44. The van der Waals surface area contributed by atoms with Gasteiger partial charge in [-0.3, -0.25) is 15.0 Å². The van der Waals surface area contributed by atoms with Crippen LogP contribution in [0.4, 0.5) is 10.1 Å². The van der Waals surface area contributed by atoms with Crippen molar-refractivity contribution in [2.24, 2.45) is 11.0 Å². The van der Waals surface area contributed by atoms with E-state index in [2.05, 4.69) is 10.5 Å². The van der Waals surface area contributed by atoms with Crippen LogP contribution in [0.1, 0.15) is 5.56 Å². The summed E-state index contributed by atoms with van der Waals surface area (Å²) >= 11 is 0. The molecule has 2 unspecified atom stereocenters. The Hall–Kier alpha value is -3.55. The van der Waals surface area contributed by atoms with Crippen LogP contribution in [0.15, 0.2) is 59.7 Å². The molecule has 0 saturated carbocycles. The molecule has 2 aliphatic rings. The number of para-hydroxylation sites is 1. The van der Waals surface area contributed by atoms with Crippen LogP contribution in [0.25, 0.3) is 0 Å². The van der Waals surface area contributed by atoms with Gasteiger partial charge >= 0.3 is 5.97 Å². The number of nitrogens with zero attached hydrogens (tertiary/aromatic N) is 2. The molecule has 2 atom stereocenters. The van der Waals surface area contributed by atoms with E-state index in [1.165, 1.54) is 18.2 Å². The van der Waals surface area contributed by atoms with Gasteiger partial charge in [-0.1, -0.05) is 42.5 Å². The molecule has 2 aromatic rings. The SMILES string of the molecule is O=C(OCc1ccccc1)C1=NNC2C(=O)N(c3ccccc3F)C(=O)C12. The predicted octanol–water partition coefficient (Wildman–Crippen LogP) is 1.39. The Morgan fingerprint density at radius 1 is 1.07 bits per heavy atom.